The second-order valence-electron chi connectivity index (χ2n) is 8.49. The van der Waals surface area contributed by atoms with Gasteiger partial charge in [-0.1, -0.05) is 38.5 Å². The van der Waals surface area contributed by atoms with Crippen molar-refractivity contribution < 1.29 is 28.4 Å². The monoisotopic (exact) mass is 445 g/mol. The van der Waals surface area contributed by atoms with Gasteiger partial charge >= 0.3 is 11.8 Å². The van der Waals surface area contributed by atoms with Gasteiger partial charge in [0.05, 0.1) is 26.6 Å². The summed E-state index contributed by atoms with van der Waals surface area (Å²) in [5.41, 5.74) is -1.09. The summed E-state index contributed by atoms with van der Waals surface area (Å²) in [5.74, 6) is -0.651. The molecular formula is C22H40NO6P+. The Bertz CT molecular complexity index is 510. The van der Waals surface area contributed by atoms with Gasteiger partial charge in [-0.05, 0) is 39.5 Å². The molecule has 0 heterocycles. The Balaban J connectivity index is 2.21. The lowest BCUT2D eigenvalue weighted by Crippen LogP contribution is -2.48. The van der Waals surface area contributed by atoms with E-state index in [2.05, 4.69) is 0 Å². The quantitative estimate of drug-likeness (QED) is 0.251. The summed E-state index contributed by atoms with van der Waals surface area (Å²) >= 11 is 0. The minimum Gasteiger partial charge on any atom is -0.631 e. The van der Waals surface area contributed by atoms with Crippen molar-refractivity contribution in [1.29, 1.82) is 0 Å². The molecule has 0 spiro atoms. The Morgan fingerprint density at radius 3 is 1.87 bits per heavy atom. The number of carbonyl (C=O) groups excluding carboxylic acids is 2. The Morgan fingerprint density at radius 2 is 1.47 bits per heavy atom. The Labute approximate surface area is 182 Å². The van der Waals surface area contributed by atoms with Crippen molar-refractivity contribution >= 4 is 19.7 Å². The molecule has 0 N–H and O–H groups in total. The van der Waals surface area contributed by atoms with E-state index < -0.39 is 19.6 Å². The van der Waals surface area contributed by atoms with E-state index in [4.69, 9.17) is 13.9 Å². The van der Waals surface area contributed by atoms with Gasteiger partial charge in [0, 0.05) is 18.5 Å². The summed E-state index contributed by atoms with van der Waals surface area (Å²) in [6.07, 6.45) is 11.3. The fourth-order valence-electron chi connectivity index (χ4n) is 4.61. The number of hydroxylamine groups is 2. The van der Waals surface area contributed by atoms with Crippen molar-refractivity contribution in [1.82, 2.24) is 5.06 Å². The first-order valence-electron chi connectivity index (χ1n) is 11.8. The predicted molar refractivity (Wildman–Crippen MR) is 116 cm³/mol. The van der Waals surface area contributed by atoms with Crippen LogP contribution in [-0.4, -0.2) is 47.8 Å². The molecule has 0 amide bonds. The molecule has 2 saturated carbocycles. The largest absolute Gasteiger partial charge is 0.631 e. The van der Waals surface area contributed by atoms with Crippen LogP contribution in [0.1, 0.15) is 97.8 Å². The molecule has 0 aromatic carbocycles. The molecule has 2 rings (SSSR count). The highest BCUT2D eigenvalue weighted by Crippen LogP contribution is 2.59. The molecule has 1 atom stereocenters. The van der Waals surface area contributed by atoms with Crippen LogP contribution in [0.2, 0.25) is 0 Å². The standard InChI is InChI=1S/C22H40NO6P/c1-4-27-30(26,28-5-2)21(17-16-18(3)24)22(25)29-23(19-12-8-6-9-13-19)20-14-10-7-11-15-20/h19-21H,4-17H2,1-3H3/q+1. The normalized spacial score (nSPS) is 20.3. The van der Waals surface area contributed by atoms with E-state index in [1.54, 1.807) is 13.8 Å². The third kappa shape index (κ3) is 7.52. The third-order valence-corrected chi connectivity index (χ3v) is 8.57. The Kier molecular flexibility index (Phi) is 11.2. The van der Waals surface area contributed by atoms with Crippen LogP contribution in [-0.2, 0) is 23.5 Å². The Hall–Kier alpha value is -0.590. The van der Waals surface area contributed by atoms with Crippen LogP contribution in [0.3, 0.4) is 0 Å². The molecule has 0 aliphatic heterocycles. The average Bonchev–Trinajstić information content (AvgIpc) is 2.73. The third-order valence-electron chi connectivity index (χ3n) is 6.11. The second kappa shape index (κ2) is 13.1. The summed E-state index contributed by atoms with van der Waals surface area (Å²) in [7, 11) is -3.73. The number of nitrogens with zero attached hydrogens (tertiary/aromatic N) is 1. The van der Waals surface area contributed by atoms with E-state index in [0.717, 1.165) is 51.4 Å². The van der Waals surface area contributed by atoms with Gasteiger partial charge < -0.3 is 9.73 Å². The van der Waals surface area contributed by atoms with Crippen molar-refractivity contribution in [3.63, 3.8) is 0 Å². The van der Waals surface area contributed by atoms with Gasteiger partial charge in [-0.3, -0.25) is 0 Å². The van der Waals surface area contributed by atoms with Crippen LogP contribution in [0.25, 0.3) is 0 Å². The minimum atomic E-state index is -3.73. The molecule has 30 heavy (non-hydrogen) atoms. The molecule has 1 radical (unpaired) electrons. The average molecular weight is 446 g/mol. The van der Waals surface area contributed by atoms with Gasteiger partial charge in [0.2, 0.25) is 10.5 Å². The van der Waals surface area contributed by atoms with Gasteiger partial charge in [-0.25, -0.2) is 13.8 Å². The maximum Gasteiger partial charge on any atom is 0.441 e. The molecule has 1 unspecified atom stereocenters. The molecule has 0 bridgehead atoms. The summed E-state index contributed by atoms with van der Waals surface area (Å²) in [6, 6.07) is 0.413. The fraction of sp³-hybridized carbons (Fsp3) is 0.909. The van der Waals surface area contributed by atoms with E-state index in [9.17, 15) is 14.5 Å². The predicted octanol–water partition coefficient (Wildman–Crippen LogP) is 4.35. The van der Waals surface area contributed by atoms with Crippen LogP contribution < -0.4 is 4.89 Å². The number of hydrogen-bond acceptors (Lipinski definition) is 7. The molecule has 2 fully saturated rings. The molecule has 7 nitrogen and oxygen atoms in total. The molecule has 173 valence electrons. The first-order chi connectivity index (χ1) is 14.4. The van der Waals surface area contributed by atoms with Gasteiger partial charge in [0.15, 0.2) is 0 Å². The van der Waals surface area contributed by atoms with E-state index in [1.807, 2.05) is 5.06 Å². The van der Waals surface area contributed by atoms with Crippen LogP contribution in [0, 0.1) is 0 Å². The topological polar surface area (TPSA) is 91.0 Å². The van der Waals surface area contributed by atoms with Crippen LogP contribution in [0.4, 0.5) is 0 Å². The SMILES string of the molecule is CCO[P+]([O-])(OCC)C(CCC(C)=[O+])C(=O)ON(C1CCCCC1)C1CCCCC1. The highest BCUT2D eigenvalue weighted by molar-refractivity contribution is 7.61. The van der Waals surface area contributed by atoms with Crippen LogP contribution >= 0.6 is 7.94 Å². The van der Waals surface area contributed by atoms with E-state index >= 15 is 0 Å². The van der Waals surface area contributed by atoms with Gasteiger partial charge in [-0.2, -0.15) is 0 Å². The van der Waals surface area contributed by atoms with E-state index in [0.29, 0.717) is 0 Å². The lowest BCUT2D eigenvalue weighted by atomic mass is 9.90. The maximum atomic E-state index is 13.4. The van der Waals surface area contributed by atoms with Crippen molar-refractivity contribution in [2.24, 2.45) is 0 Å². The van der Waals surface area contributed by atoms with E-state index in [1.165, 1.54) is 19.8 Å². The van der Waals surface area contributed by atoms with Crippen molar-refractivity contribution in [3.8, 4) is 0 Å². The molecule has 0 aromatic rings. The Morgan fingerprint density at radius 1 is 1.00 bits per heavy atom. The second-order valence-corrected chi connectivity index (χ2v) is 10.7. The number of rotatable bonds is 12. The maximum absolute atomic E-state index is 13.4. The molecule has 2 aliphatic carbocycles. The van der Waals surface area contributed by atoms with Gasteiger partial charge in [0.1, 0.15) is 0 Å². The van der Waals surface area contributed by atoms with Gasteiger partial charge in [-0.15, -0.1) is 5.06 Å². The number of hydrogen-bond donors (Lipinski definition) is 0. The number of carbonyl (C=O) groups is 2. The van der Waals surface area contributed by atoms with Gasteiger partial charge in [0.25, 0.3) is 7.94 Å². The lowest BCUT2D eigenvalue weighted by molar-refractivity contribution is -0.235. The summed E-state index contributed by atoms with van der Waals surface area (Å²) < 4.78 is 10.9. The summed E-state index contributed by atoms with van der Waals surface area (Å²) in [6.45, 7) is 5.22. The smallest absolute Gasteiger partial charge is 0.441 e. The molecule has 2 aliphatic rings. The zero-order chi connectivity index (χ0) is 22.0. The van der Waals surface area contributed by atoms with Crippen molar-refractivity contribution in [2.45, 2.75) is 116 Å². The summed E-state index contributed by atoms with van der Waals surface area (Å²) in [5, 5.41) is 1.92. The lowest BCUT2D eigenvalue weighted by Gasteiger charge is -2.40. The molecule has 0 aromatic heterocycles. The van der Waals surface area contributed by atoms with Crippen molar-refractivity contribution in [3.05, 3.63) is 0 Å². The zero-order valence-corrected chi connectivity index (χ0v) is 19.9. The van der Waals surface area contributed by atoms with Crippen LogP contribution in [0.15, 0.2) is 0 Å². The molecular weight excluding hydrogens is 405 g/mol. The molecule has 0 saturated heterocycles. The number of Topliss-reactive ketones (excluding diaryl/α,β-unsaturated/α-hetero) is 1. The van der Waals surface area contributed by atoms with Crippen LogP contribution in [0.5, 0.6) is 0 Å². The highest BCUT2D eigenvalue weighted by atomic mass is 31.2. The zero-order valence-electron chi connectivity index (χ0n) is 19.0. The minimum absolute atomic E-state index is 0.0660. The van der Waals surface area contributed by atoms with Crippen molar-refractivity contribution in [2.75, 3.05) is 13.2 Å². The first kappa shape index (κ1) is 25.7. The van der Waals surface area contributed by atoms with E-state index in [-0.39, 0.29) is 43.9 Å². The molecule has 8 heteroatoms. The highest BCUT2D eigenvalue weighted by Gasteiger charge is 2.49. The summed E-state index contributed by atoms with van der Waals surface area (Å²) in [4.78, 5) is 44.4. The fourth-order valence-corrected chi connectivity index (χ4v) is 6.51. The first-order valence-corrected chi connectivity index (χ1v) is 13.4. The number of ketones is 1.